The van der Waals surface area contributed by atoms with Gasteiger partial charge in [-0.25, -0.2) is 0 Å². The Morgan fingerprint density at radius 1 is 1.29 bits per heavy atom. The van der Waals surface area contributed by atoms with Crippen molar-refractivity contribution in [3.05, 3.63) is 23.8 Å². The normalized spacial score (nSPS) is 19.4. The van der Waals surface area contributed by atoms with Gasteiger partial charge in [-0.3, -0.25) is 4.79 Å². The van der Waals surface area contributed by atoms with Crippen molar-refractivity contribution < 1.29 is 14.3 Å². The molecule has 92 valence electrons. The van der Waals surface area contributed by atoms with Crippen molar-refractivity contribution in [1.29, 1.82) is 0 Å². The fourth-order valence-corrected chi connectivity index (χ4v) is 2.41. The van der Waals surface area contributed by atoms with Crippen molar-refractivity contribution >= 4 is 5.78 Å². The maximum Gasteiger partial charge on any atom is 0.136 e. The van der Waals surface area contributed by atoms with Crippen LogP contribution in [0, 0.1) is 5.92 Å². The van der Waals surface area contributed by atoms with E-state index in [9.17, 15) is 4.79 Å². The van der Waals surface area contributed by atoms with Crippen molar-refractivity contribution in [2.75, 3.05) is 14.2 Å². The van der Waals surface area contributed by atoms with E-state index in [-0.39, 0.29) is 5.92 Å². The van der Waals surface area contributed by atoms with Crippen LogP contribution in [0.1, 0.15) is 24.8 Å². The van der Waals surface area contributed by atoms with Crippen LogP contribution in [-0.2, 0) is 11.2 Å². The first-order valence-electron chi connectivity index (χ1n) is 5.98. The van der Waals surface area contributed by atoms with E-state index in [1.165, 1.54) is 0 Å². The van der Waals surface area contributed by atoms with Gasteiger partial charge < -0.3 is 9.47 Å². The number of ether oxygens (including phenoxy) is 2. The zero-order valence-corrected chi connectivity index (χ0v) is 10.4. The summed E-state index contributed by atoms with van der Waals surface area (Å²) in [5.41, 5.74) is 1.06. The van der Waals surface area contributed by atoms with Crippen molar-refractivity contribution in [3.63, 3.8) is 0 Å². The summed E-state index contributed by atoms with van der Waals surface area (Å²) in [6.07, 6.45) is 3.52. The molecule has 2 rings (SSSR count). The summed E-state index contributed by atoms with van der Waals surface area (Å²) >= 11 is 0. The van der Waals surface area contributed by atoms with Gasteiger partial charge >= 0.3 is 0 Å². The van der Waals surface area contributed by atoms with Gasteiger partial charge in [-0.15, -0.1) is 0 Å². The molecule has 1 aromatic carbocycles. The molecule has 1 fully saturated rings. The highest BCUT2D eigenvalue weighted by Crippen LogP contribution is 2.31. The third kappa shape index (κ3) is 2.60. The summed E-state index contributed by atoms with van der Waals surface area (Å²) in [7, 11) is 3.30. The molecule has 0 amide bonds. The Hall–Kier alpha value is -1.51. The van der Waals surface area contributed by atoms with Gasteiger partial charge in [-0.2, -0.15) is 0 Å². The minimum Gasteiger partial charge on any atom is -0.497 e. The van der Waals surface area contributed by atoms with Gasteiger partial charge in [-0.05, 0) is 43.0 Å². The van der Waals surface area contributed by atoms with Gasteiger partial charge in [-0.1, -0.05) is 0 Å². The predicted molar refractivity (Wildman–Crippen MR) is 65.6 cm³/mol. The van der Waals surface area contributed by atoms with E-state index in [0.717, 1.165) is 42.7 Å². The van der Waals surface area contributed by atoms with Crippen LogP contribution in [-0.4, -0.2) is 20.0 Å². The Morgan fingerprint density at radius 3 is 2.71 bits per heavy atom. The average Bonchev–Trinajstić information content (AvgIpc) is 2.75. The summed E-state index contributed by atoms with van der Waals surface area (Å²) in [5.74, 6) is 2.20. The molecule has 0 saturated heterocycles. The number of hydrogen-bond acceptors (Lipinski definition) is 3. The third-order valence-electron chi connectivity index (χ3n) is 3.38. The fourth-order valence-electron chi connectivity index (χ4n) is 2.41. The molecule has 17 heavy (non-hydrogen) atoms. The first-order chi connectivity index (χ1) is 8.24. The van der Waals surface area contributed by atoms with Gasteiger partial charge in [0.05, 0.1) is 14.2 Å². The van der Waals surface area contributed by atoms with Crippen LogP contribution in [0.5, 0.6) is 11.5 Å². The lowest BCUT2D eigenvalue weighted by Gasteiger charge is -2.13. The standard InChI is InChI=1S/C14H18O3/c1-16-12-6-7-14(17-2)11(9-12)8-10-4-3-5-13(10)15/h6-7,9-10H,3-5,8H2,1-2H3. The largest absolute Gasteiger partial charge is 0.497 e. The molecule has 3 heteroatoms. The molecule has 0 bridgehead atoms. The number of rotatable bonds is 4. The van der Waals surface area contributed by atoms with E-state index < -0.39 is 0 Å². The highest BCUT2D eigenvalue weighted by Gasteiger charge is 2.25. The molecule has 0 heterocycles. The van der Waals surface area contributed by atoms with Gasteiger partial charge in [0.2, 0.25) is 0 Å². The van der Waals surface area contributed by atoms with Crippen molar-refractivity contribution in [3.8, 4) is 11.5 Å². The minimum atomic E-state index is 0.163. The molecule has 1 atom stereocenters. The van der Waals surface area contributed by atoms with E-state index in [4.69, 9.17) is 9.47 Å². The van der Waals surface area contributed by atoms with Crippen molar-refractivity contribution in [1.82, 2.24) is 0 Å². The molecule has 1 aliphatic carbocycles. The Kier molecular flexibility index (Phi) is 3.67. The number of ketones is 1. The lowest BCUT2D eigenvalue weighted by atomic mass is 9.96. The zero-order valence-electron chi connectivity index (χ0n) is 10.4. The first-order valence-corrected chi connectivity index (χ1v) is 5.98. The van der Waals surface area contributed by atoms with Gasteiger partial charge in [0, 0.05) is 12.3 Å². The molecule has 0 N–H and O–H groups in total. The Bertz CT molecular complexity index is 412. The Labute approximate surface area is 102 Å². The second-order valence-electron chi connectivity index (χ2n) is 4.44. The topological polar surface area (TPSA) is 35.5 Å². The van der Waals surface area contributed by atoms with Gasteiger partial charge in [0.1, 0.15) is 17.3 Å². The Morgan fingerprint density at radius 2 is 2.12 bits per heavy atom. The number of carbonyl (C=O) groups is 1. The van der Waals surface area contributed by atoms with Crippen LogP contribution in [0.25, 0.3) is 0 Å². The van der Waals surface area contributed by atoms with E-state index in [0.29, 0.717) is 5.78 Å². The molecular weight excluding hydrogens is 216 g/mol. The van der Waals surface area contributed by atoms with Crippen LogP contribution >= 0.6 is 0 Å². The van der Waals surface area contributed by atoms with Crippen molar-refractivity contribution in [2.45, 2.75) is 25.7 Å². The molecule has 0 aromatic heterocycles. The number of hydrogen-bond donors (Lipinski definition) is 0. The summed E-state index contributed by atoms with van der Waals surface area (Å²) in [5, 5.41) is 0. The minimum absolute atomic E-state index is 0.163. The Balaban J connectivity index is 2.20. The van der Waals surface area contributed by atoms with Gasteiger partial charge in [0.15, 0.2) is 0 Å². The maximum absolute atomic E-state index is 11.7. The van der Waals surface area contributed by atoms with Crippen LogP contribution in [0.3, 0.4) is 0 Å². The maximum atomic E-state index is 11.7. The van der Waals surface area contributed by atoms with Crippen molar-refractivity contribution in [2.24, 2.45) is 5.92 Å². The van der Waals surface area contributed by atoms with E-state index in [1.54, 1.807) is 14.2 Å². The highest BCUT2D eigenvalue weighted by molar-refractivity contribution is 5.83. The molecular formula is C14H18O3. The molecule has 0 radical (unpaired) electrons. The molecule has 3 nitrogen and oxygen atoms in total. The first kappa shape index (κ1) is 12.0. The summed E-state index contributed by atoms with van der Waals surface area (Å²) in [4.78, 5) is 11.7. The average molecular weight is 234 g/mol. The molecule has 1 aromatic rings. The summed E-state index contributed by atoms with van der Waals surface area (Å²) in [6, 6.07) is 5.73. The predicted octanol–water partition coefficient (Wildman–Crippen LogP) is 2.62. The van der Waals surface area contributed by atoms with Crippen LogP contribution in [0.4, 0.5) is 0 Å². The second kappa shape index (κ2) is 5.21. The van der Waals surface area contributed by atoms with E-state index >= 15 is 0 Å². The molecule has 1 unspecified atom stereocenters. The highest BCUT2D eigenvalue weighted by atomic mass is 16.5. The SMILES string of the molecule is COc1ccc(OC)c(CC2CCCC2=O)c1. The van der Waals surface area contributed by atoms with E-state index in [1.807, 2.05) is 18.2 Å². The number of benzene rings is 1. The summed E-state index contributed by atoms with van der Waals surface area (Å²) in [6.45, 7) is 0. The molecule has 1 aliphatic rings. The number of methoxy groups -OCH3 is 2. The van der Waals surface area contributed by atoms with E-state index in [2.05, 4.69) is 0 Å². The zero-order chi connectivity index (χ0) is 12.3. The third-order valence-corrected chi connectivity index (χ3v) is 3.38. The second-order valence-corrected chi connectivity index (χ2v) is 4.44. The smallest absolute Gasteiger partial charge is 0.136 e. The number of Topliss-reactive ketones (excluding diaryl/α,β-unsaturated/α-hetero) is 1. The van der Waals surface area contributed by atoms with Gasteiger partial charge in [0.25, 0.3) is 0 Å². The molecule has 0 aliphatic heterocycles. The summed E-state index contributed by atoms with van der Waals surface area (Å²) < 4.78 is 10.5. The quantitative estimate of drug-likeness (QED) is 0.803. The lowest BCUT2D eigenvalue weighted by molar-refractivity contribution is -0.120. The van der Waals surface area contributed by atoms with Crippen LogP contribution in [0.15, 0.2) is 18.2 Å². The lowest BCUT2D eigenvalue weighted by Crippen LogP contribution is -2.10. The monoisotopic (exact) mass is 234 g/mol. The fraction of sp³-hybridized carbons (Fsp3) is 0.500. The van der Waals surface area contributed by atoms with Crippen LogP contribution in [0.2, 0.25) is 0 Å². The number of carbonyl (C=O) groups excluding carboxylic acids is 1. The molecule has 0 spiro atoms. The molecule has 1 saturated carbocycles. The van der Waals surface area contributed by atoms with Crippen LogP contribution < -0.4 is 9.47 Å².